The van der Waals surface area contributed by atoms with E-state index in [1.807, 2.05) is 72.8 Å². The van der Waals surface area contributed by atoms with E-state index in [2.05, 4.69) is 48.3 Å². The van der Waals surface area contributed by atoms with E-state index in [0.717, 1.165) is 11.1 Å². The average molecular weight is 603 g/mol. The van der Waals surface area contributed by atoms with E-state index in [4.69, 9.17) is 24.7 Å². The molecule has 0 spiro atoms. The first-order chi connectivity index (χ1) is 21.8. The van der Waals surface area contributed by atoms with E-state index >= 15 is 0 Å². The number of pyridine rings is 2. The van der Waals surface area contributed by atoms with Crippen LogP contribution in [0.2, 0.25) is 0 Å². The zero-order chi connectivity index (χ0) is 31.8. The molecule has 0 saturated carbocycles. The lowest BCUT2D eigenvalue weighted by molar-refractivity contribution is 0.271. The molecule has 230 valence electrons. The number of furan rings is 1. The Balaban J connectivity index is 1.43. The van der Waals surface area contributed by atoms with Crippen LogP contribution >= 0.6 is 0 Å². The van der Waals surface area contributed by atoms with Crippen LogP contribution in [0.15, 0.2) is 102 Å². The summed E-state index contributed by atoms with van der Waals surface area (Å²) in [6.45, 7) is 9.43. The minimum atomic E-state index is 0.195. The number of benzene rings is 2. The molecule has 4 N–H and O–H groups in total. The highest BCUT2D eigenvalue weighted by molar-refractivity contribution is 6.05. The number of amidine groups is 2. The van der Waals surface area contributed by atoms with Gasteiger partial charge in [-0.1, -0.05) is 39.8 Å². The first-order valence-corrected chi connectivity index (χ1v) is 14.9. The third-order valence-electron chi connectivity index (χ3n) is 6.63. The molecular formula is C36H38N6O3. The Morgan fingerprint density at radius 1 is 0.644 bits per heavy atom. The van der Waals surface area contributed by atoms with Gasteiger partial charge in [0.15, 0.2) is 0 Å². The minimum absolute atomic E-state index is 0.195. The van der Waals surface area contributed by atoms with Crippen LogP contribution in [-0.2, 0) is 0 Å². The largest absolute Gasteiger partial charge is 0.492 e. The van der Waals surface area contributed by atoms with E-state index in [1.54, 1.807) is 24.5 Å². The van der Waals surface area contributed by atoms with Crippen molar-refractivity contribution in [2.45, 2.75) is 27.7 Å². The number of nitrogens with one attached hydrogen (secondary N) is 4. The molecule has 0 aliphatic carbocycles. The lowest BCUT2D eigenvalue weighted by atomic mass is 10.1. The zero-order valence-electron chi connectivity index (χ0n) is 25.9. The van der Waals surface area contributed by atoms with Crippen molar-refractivity contribution < 1.29 is 13.9 Å². The minimum Gasteiger partial charge on any atom is -0.492 e. The summed E-state index contributed by atoms with van der Waals surface area (Å²) in [5, 5.41) is 23.1. The molecule has 0 aliphatic rings. The fraction of sp³-hybridized carbons (Fsp3) is 0.222. The molecule has 9 heteroatoms. The molecule has 3 heterocycles. The average Bonchev–Trinajstić information content (AvgIpc) is 3.53. The molecule has 0 amide bonds. The van der Waals surface area contributed by atoms with Crippen LogP contribution in [0.4, 0.5) is 11.4 Å². The van der Waals surface area contributed by atoms with Crippen LogP contribution in [0.3, 0.4) is 0 Å². The number of anilines is 2. The van der Waals surface area contributed by atoms with Crippen LogP contribution in [0, 0.1) is 22.7 Å². The van der Waals surface area contributed by atoms with Gasteiger partial charge in [-0.15, -0.1) is 0 Å². The molecule has 5 aromatic rings. The van der Waals surface area contributed by atoms with Crippen molar-refractivity contribution in [3.05, 3.63) is 109 Å². The SMILES string of the molecule is CC(C)COc1cc(NC(=N)c2ccccn2)ccc1-c1ccc(-c2ccc(NC(=N)c3ccccn3)cc2OCC(C)C)o1. The fourth-order valence-corrected chi connectivity index (χ4v) is 4.42. The molecular weight excluding hydrogens is 564 g/mol. The van der Waals surface area contributed by atoms with E-state index in [1.165, 1.54) is 0 Å². The normalized spacial score (nSPS) is 11.0. The van der Waals surface area contributed by atoms with Crippen molar-refractivity contribution >= 4 is 23.0 Å². The fourth-order valence-electron chi connectivity index (χ4n) is 4.42. The second kappa shape index (κ2) is 14.4. The Hall–Kier alpha value is -5.44. The summed E-state index contributed by atoms with van der Waals surface area (Å²) in [4.78, 5) is 8.51. The van der Waals surface area contributed by atoms with E-state index < -0.39 is 0 Å². The summed E-state index contributed by atoms with van der Waals surface area (Å²) < 4.78 is 18.9. The topological polar surface area (TPSA) is 129 Å². The zero-order valence-corrected chi connectivity index (χ0v) is 25.9. The molecule has 0 unspecified atom stereocenters. The van der Waals surface area contributed by atoms with Gasteiger partial charge in [0.05, 0.1) is 24.3 Å². The lowest BCUT2D eigenvalue weighted by Crippen LogP contribution is -2.13. The lowest BCUT2D eigenvalue weighted by Gasteiger charge is -2.16. The van der Waals surface area contributed by atoms with Crippen LogP contribution in [0.1, 0.15) is 39.1 Å². The molecule has 0 saturated heterocycles. The molecule has 0 aliphatic heterocycles. The Morgan fingerprint density at radius 3 is 1.47 bits per heavy atom. The quantitative estimate of drug-likeness (QED) is 0.0834. The first kappa shape index (κ1) is 31.0. The summed E-state index contributed by atoms with van der Waals surface area (Å²) >= 11 is 0. The first-order valence-electron chi connectivity index (χ1n) is 14.9. The van der Waals surface area contributed by atoms with Crippen LogP contribution < -0.4 is 20.1 Å². The van der Waals surface area contributed by atoms with Crippen LogP contribution in [0.5, 0.6) is 11.5 Å². The third kappa shape index (κ3) is 8.14. The molecule has 3 aromatic heterocycles. The van der Waals surface area contributed by atoms with Crippen molar-refractivity contribution in [1.29, 1.82) is 10.8 Å². The second-order valence-electron chi connectivity index (χ2n) is 11.4. The molecule has 5 rings (SSSR count). The van der Waals surface area contributed by atoms with Crippen molar-refractivity contribution in [2.24, 2.45) is 11.8 Å². The third-order valence-corrected chi connectivity index (χ3v) is 6.63. The number of rotatable bonds is 12. The molecule has 9 nitrogen and oxygen atoms in total. The standard InChI is InChI=1S/C36H38N6O3/c1-23(2)21-43-33-19-25(41-35(37)29-9-5-7-17-39-29)11-13-27(33)31-15-16-32(45-31)28-14-12-26(20-34(28)44-22-24(3)4)42-36(38)30-10-6-8-18-40-30/h5-20,23-24H,21-22H2,1-4H3,(H2,37,41)(H2,38,42). The van der Waals surface area contributed by atoms with Gasteiger partial charge in [0.25, 0.3) is 0 Å². The molecule has 0 bridgehead atoms. The van der Waals surface area contributed by atoms with Crippen LogP contribution in [-0.4, -0.2) is 34.9 Å². The van der Waals surface area contributed by atoms with Gasteiger partial charge in [0, 0.05) is 35.9 Å². The summed E-state index contributed by atoms with van der Waals surface area (Å²) in [6.07, 6.45) is 3.33. The number of ether oxygens (including phenoxy) is 2. The molecule has 0 atom stereocenters. The predicted molar refractivity (Wildman–Crippen MR) is 180 cm³/mol. The highest BCUT2D eigenvalue weighted by Crippen LogP contribution is 2.39. The van der Waals surface area contributed by atoms with Gasteiger partial charge >= 0.3 is 0 Å². The summed E-state index contributed by atoms with van der Waals surface area (Å²) in [5.74, 6) is 3.61. The van der Waals surface area contributed by atoms with Crippen LogP contribution in [0.25, 0.3) is 22.6 Å². The summed E-state index contributed by atoms with van der Waals surface area (Å²) in [6, 6.07) is 26.2. The highest BCUT2D eigenvalue weighted by atomic mass is 16.5. The van der Waals surface area contributed by atoms with Gasteiger partial charge in [-0.3, -0.25) is 20.8 Å². The maximum absolute atomic E-state index is 8.44. The van der Waals surface area contributed by atoms with E-state index in [-0.39, 0.29) is 11.7 Å². The van der Waals surface area contributed by atoms with Crippen molar-refractivity contribution in [2.75, 3.05) is 23.8 Å². The van der Waals surface area contributed by atoms with Crippen molar-refractivity contribution in [3.63, 3.8) is 0 Å². The van der Waals surface area contributed by atoms with Gasteiger partial charge in [0.2, 0.25) is 0 Å². The number of hydrogen-bond acceptors (Lipinski definition) is 7. The molecule has 45 heavy (non-hydrogen) atoms. The number of hydrogen-bond donors (Lipinski definition) is 4. The van der Waals surface area contributed by atoms with Gasteiger partial charge in [0.1, 0.15) is 46.1 Å². The second-order valence-corrected chi connectivity index (χ2v) is 11.4. The maximum Gasteiger partial charge on any atom is 0.148 e. The van der Waals surface area contributed by atoms with Gasteiger partial charge in [-0.25, -0.2) is 0 Å². The monoisotopic (exact) mass is 602 g/mol. The predicted octanol–water partition coefficient (Wildman–Crippen LogP) is 8.35. The highest BCUT2D eigenvalue weighted by Gasteiger charge is 2.18. The van der Waals surface area contributed by atoms with E-state index in [9.17, 15) is 0 Å². The van der Waals surface area contributed by atoms with Gasteiger partial charge < -0.3 is 24.5 Å². The Labute approximate surface area is 263 Å². The Kier molecular flexibility index (Phi) is 9.89. The summed E-state index contributed by atoms with van der Waals surface area (Å²) in [7, 11) is 0. The Bertz CT molecular complexity index is 1620. The molecule has 0 radical (unpaired) electrons. The van der Waals surface area contributed by atoms with E-state index in [0.29, 0.717) is 70.8 Å². The van der Waals surface area contributed by atoms with Crippen molar-refractivity contribution in [1.82, 2.24) is 9.97 Å². The Morgan fingerprint density at radius 2 is 1.09 bits per heavy atom. The molecule has 0 fully saturated rings. The number of aromatic nitrogens is 2. The smallest absolute Gasteiger partial charge is 0.148 e. The van der Waals surface area contributed by atoms with Gasteiger partial charge in [-0.05, 0) is 72.5 Å². The van der Waals surface area contributed by atoms with Crippen molar-refractivity contribution in [3.8, 4) is 34.1 Å². The number of nitrogens with zero attached hydrogens (tertiary/aromatic N) is 2. The molecule has 2 aromatic carbocycles. The maximum atomic E-state index is 8.44. The summed E-state index contributed by atoms with van der Waals surface area (Å²) in [5.41, 5.74) is 4.11. The van der Waals surface area contributed by atoms with Gasteiger partial charge in [-0.2, -0.15) is 0 Å².